The fourth-order valence-corrected chi connectivity index (χ4v) is 2.10. The average Bonchev–Trinajstić information content (AvgIpc) is 2.37. The number of rotatable bonds is 1. The van der Waals surface area contributed by atoms with Crippen LogP contribution >= 0.6 is 0 Å². The lowest BCUT2D eigenvalue weighted by Crippen LogP contribution is -2.46. The monoisotopic (exact) mass is 258 g/mol. The van der Waals surface area contributed by atoms with Crippen LogP contribution in [0.1, 0.15) is 11.1 Å². The quantitative estimate of drug-likeness (QED) is 0.829. The number of carbonyl (C=O) groups excluding carboxylic acids is 1. The Hall–Kier alpha value is -1.56. The average molecular weight is 258 g/mol. The van der Waals surface area contributed by atoms with Crippen molar-refractivity contribution in [3.8, 4) is 0 Å². The van der Waals surface area contributed by atoms with E-state index in [-0.39, 0.29) is 13.0 Å². The highest BCUT2D eigenvalue weighted by molar-refractivity contribution is 5.82. The van der Waals surface area contributed by atoms with Crippen molar-refractivity contribution in [3.05, 3.63) is 35.4 Å². The molecule has 2 rings (SSSR count). The molecule has 0 bridgehead atoms. The van der Waals surface area contributed by atoms with Gasteiger partial charge in [-0.1, -0.05) is 24.3 Å². The van der Waals surface area contributed by atoms with Gasteiger partial charge in [0.1, 0.15) is 6.54 Å². The molecular formula is C12H13F3N2O. The van der Waals surface area contributed by atoms with Gasteiger partial charge in [-0.2, -0.15) is 13.2 Å². The molecule has 6 heteroatoms. The minimum Gasteiger partial charge on any atom is -0.328 e. The first-order valence-electron chi connectivity index (χ1n) is 5.55. The van der Waals surface area contributed by atoms with Gasteiger partial charge in [-0.3, -0.25) is 4.79 Å². The summed E-state index contributed by atoms with van der Waals surface area (Å²) < 4.78 is 37.2. The first-order valence-corrected chi connectivity index (χ1v) is 5.55. The molecule has 18 heavy (non-hydrogen) atoms. The third-order valence-electron chi connectivity index (χ3n) is 2.92. The van der Waals surface area contributed by atoms with Crippen LogP contribution in [-0.2, 0) is 17.8 Å². The number of alkyl halides is 3. The van der Waals surface area contributed by atoms with Gasteiger partial charge in [-0.25, -0.2) is 0 Å². The molecule has 0 saturated heterocycles. The lowest BCUT2D eigenvalue weighted by molar-refractivity contribution is -0.162. The van der Waals surface area contributed by atoms with Crippen molar-refractivity contribution < 1.29 is 18.0 Å². The molecule has 0 aliphatic carbocycles. The summed E-state index contributed by atoms with van der Waals surface area (Å²) in [5.41, 5.74) is 7.20. The number of fused-ring (bicyclic) bond motifs is 1. The molecule has 0 aromatic heterocycles. The maximum absolute atomic E-state index is 12.4. The number of hydrogen-bond acceptors (Lipinski definition) is 2. The Morgan fingerprint density at radius 2 is 1.89 bits per heavy atom. The van der Waals surface area contributed by atoms with Crippen LogP contribution < -0.4 is 5.73 Å². The van der Waals surface area contributed by atoms with Crippen molar-refractivity contribution in [1.82, 2.24) is 4.90 Å². The standard InChI is InChI=1S/C12H13F3N2O/c13-12(14,15)7-17-6-9-4-2-1-3-8(9)5-10(16)11(17)18/h1-4,10H,5-7,16H2/t10-/m1/s1. The van der Waals surface area contributed by atoms with Gasteiger partial charge in [0.25, 0.3) is 0 Å². The molecule has 1 amide bonds. The zero-order chi connectivity index (χ0) is 13.3. The summed E-state index contributed by atoms with van der Waals surface area (Å²) in [6, 6.07) is 6.14. The Kier molecular flexibility index (Phi) is 3.30. The van der Waals surface area contributed by atoms with Crippen LogP contribution in [0, 0.1) is 0 Å². The summed E-state index contributed by atoms with van der Waals surface area (Å²) in [4.78, 5) is 12.6. The van der Waals surface area contributed by atoms with E-state index in [1.807, 2.05) is 0 Å². The van der Waals surface area contributed by atoms with Gasteiger partial charge in [0.05, 0.1) is 6.04 Å². The number of benzene rings is 1. The first-order chi connectivity index (χ1) is 8.37. The number of amides is 1. The highest BCUT2D eigenvalue weighted by Crippen LogP contribution is 2.23. The molecule has 0 radical (unpaired) electrons. The number of nitrogens with two attached hydrogens (primary N) is 1. The Morgan fingerprint density at radius 3 is 2.50 bits per heavy atom. The summed E-state index contributed by atoms with van der Waals surface area (Å²) in [5, 5.41) is 0. The van der Waals surface area contributed by atoms with Crippen LogP contribution in [0.4, 0.5) is 13.2 Å². The number of carbonyl (C=O) groups is 1. The number of halogens is 3. The highest BCUT2D eigenvalue weighted by Gasteiger charge is 2.36. The predicted molar refractivity (Wildman–Crippen MR) is 59.6 cm³/mol. The van der Waals surface area contributed by atoms with Crippen LogP contribution in [0.15, 0.2) is 24.3 Å². The number of nitrogens with zero attached hydrogens (tertiary/aromatic N) is 1. The minimum absolute atomic E-state index is 0.0395. The van der Waals surface area contributed by atoms with Gasteiger partial charge in [0.2, 0.25) is 5.91 Å². The van der Waals surface area contributed by atoms with E-state index in [0.717, 1.165) is 16.0 Å². The molecule has 3 nitrogen and oxygen atoms in total. The van der Waals surface area contributed by atoms with Gasteiger partial charge in [0, 0.05) is 6.54 Å². The summed E-state index contributed by atoms with van der Waals surface area (Å²) in [5.74, 6) is -0.650. The van der Waals surface area contributed by atoms with Gasteiger partial charge in [-0.05, 0) is 17.5 Å². The SMILES string of the molecule is N[C@@H]1Cc2ccccc2CN(CC(F)(F)F)C1=O. The third kappa shape index (κ3) is 2.81. The molecule has 0 unspecified atom stereocenters. The fourth-order valence-electron chi connectivity index (χ4n) is 2.10. The van der Waals surface area contributed by atoms with Crippen molar-refractivity contribution in [2.24, 2.45) is 5.73 Å². The van der Waals surface area contributed by atoms with Gasteiger partial charge < -0.3 is 10.6 Å². The van der Waals surface area contributed by atoms with Crippen molar-refractivity contribution in [3.63, 3.8) is 0 Å². The summed E-state index contributed by atoms with van der Waals surface area (Å²) in [6.45, 7) is -1.30. The fraction of sp³-hybridized carbons (Fsp3) is 0.417. The second-order valence-corrected chi connectivity index (χ2v) is 4.39. The van der Waals surface area contributed by atoms with Crippen LogP contribution in [-0.4, -0.2) is 29.6 Å². The summed E-state index contributed by atoms with van der Waals surface area (Å²) in [7, 11) is 0. The highest BCUT2D eigenvalue weighted by atomic mass is 19.4. The van der Waals surface area contributed by atoms with E-state index in [1.54, 1.807) is 24.3 Å². The van der Waals surface area contributed by atoms with Crippen LogP contribution in [0.3, 0.4) is 0 Å². The van der Waals surface area contributed by atoms with Crippen molar-refractivity contribution in [1.29, 1.82) is 0 Å². The molecule has 1 atom stereocenters. The van der Waals surface area contributed by atoms with E-state index in [9.17, 15) is 18.0 Å². The van der Waals surface area contributed by atoms with Crippen LogP contribution in [0.2, 0.25) is 0 Å². The summed E-state index contributed by atoms with van der Waals surface area (Å²) in [6.07, 6.45) is -4.13. The zero-order valence-corrected chi connectivity index (χ0v) is 9.57. The van der Waals surface area contributed by atoms with Crippen molar-refractivity contribution >= 4 is 5.91 Å². The molecule has 0 spiro atoms. The predicted octanol–water partition coefficient (Wildman–Crippen LogP) is 1.46. The van der Waals surface area contributed by atoms with E-state index >= 15 is 0 Å². The molecule has 0 fully saturated rings. The lowest BCUT2D eigenvalue weighted by atomic mass is 10.0. The third-order valence-corrected chi connectivity index (χ3v) is 2.92. The smallest absolute Gasteiger partial charge is 0.328 e. The van der Waals surface area contributed by atoms with E-state index in [0.29, 0.717) is 0 Å². The Balaban J connectivity index is 2.29. The largest absolute Gasteiger partial charge is 0.406 e. The van der Waals surface area contributed by atoms with E-state index in [2.05, 4.69) is 0 Å². The molecular weight excluding hydrogens is 245 g/mol. The molecule has 1 aromatic rings. The zero-order valence-electron chi connectivity index (χ0n) is 9.57. The minimum atomic E-state index is -4.41. The lowest BCUT2D eigenvalue weighted by Gasteiger charge is -2.24. The Labute approximate surface area is 102 Å². The molecule has 1 aliphatic rings. The maximum atomic E-state index is 12.4. The molecule has 2 N–H and O–H groups in total. The Bertz CT molecular complexity index is 459. The van der Waals surface area contributed by atoms with Crippen LogP contribution in [0.25, 0.3) is 0 Å². The second-order valence-electron chi connectivity index (χ2n) is 4.39. The van der Waals surface area contributed by atoms with Crippen molar-refractivity contribution in [2.75, 3.05) is 6.54 Å². The number of hydrogen-bond donors (Lipinski definition) is 1. The maximum Gasteiger partial charge on any atom is 0.406 e. The summed E-state index contributed by atoms with van der Waals surface area (Å²) >= 11 is 0. The molecule has 0 saturated carbocycles. The molecule has 98 valence electrons. The molecule has 1 aliphatic heterocycles. The molecule has 1 heterocycles. The van der Waals surface area contributed by atoms with Gasteiger partial charge in [0.15, 0.2) is 0 Å². The van der Waals surface area contributed by atoms with Crippen molar-refractivity contribution in [2.45, 2.75) is 25.2 Å². The van der Waals surface area contributed by atoms with E-state index in [4.69, 9.17) is 5.73 Å². The van der Waals surface area contributed by atoms with Gasteiger partial charge in [-0.15, -0.1) is 0 Å². The second kappa shape index (κ2) is 4.61. The van der Waals surface area contributed by atoms with Gasteiger partial charge >= 0.3 is 6.18 Å². The first kappa shape index (κ1) is 12.9. The molecule has 1 aromatic carbocycles. The van der Waals surface area contributed by atoms with E-state index < -0.39 is 24.7 Å². The normalized spacial score (nSPS) is 20.6. The van der Waals surface area contributed by atoms with E-state index in [1.165, 1.54) is 0 Å². The Morgan fingerprint density at radius 1 is 1.28 bits per heavy atom. The topological polar surface area (TPSA) is 46.3 Å². The van der Waals surface area contributed by atoms with Crippen LogP contribution in [0.5, 0.6) is 0 Å².